The molecule has 0 atom stereocenters. The summed E-state index contributed by atoms with van der Waals surface area (Å²) < 4.78 is 13.0. The van der Waals surface area contributed by atoms with Gasteiger partial charge in [0.25, 0.3) is 0 Å². The number of hydrogen-bond acceptors (Lipinski definition) is 2. The molecule has 0 radical (unpaired) electrons. The van der Waals surface area contributed by atoms with Crippen molar-refractivity contribution in [2.75, 3.05) is 11.1 Å². The standard InChI is InChI=1S/C15H12Cl2FNOS/c16-11-4-5-14(13(17)7-11)19-15(20)9-21-8-10-2-1-3-12(18)6-10/h1-7H,8-9H2,(H,19,20). The molecular weight excluding hydrogens is 332 g/mol. The molecule has 2 aromatic rings. The highest BCUT2D eigenvalue weighted by atomic mass is 35.5. The summed E-state index contributed by atoms with van der Waals surface area (Å²) in [6.45, 7) is 0. The van der Waals surface area contributed by atoms with Gasteiger partial charge in [-0.05, 0) is 35.9 Å². The number of halogens is 3. The molecular formula is C15H12Cl2FNOS. The number of carbonyl (C=O) groups excluding carboxylic acids is 1. The van der Waals surface area contributed by atoms with Gasteiger partial charge in [-0.25, -0.2) is 4.39 Å². The number of rotatable bonds is 5. The third-order valence-electron chi connectivity index (χ3n) is 2.60. The van der Waals surface area contributed by atoms with Gasteiger partial charge >= 0.3 is 0 Å². The quantitative estimate of drug-likeness (QED) is 0.827. The van der Waals surface area contributed by atoms with E-state index in [9.17, 15) is 9.18 Å². The van der Waals surface area contributed by atoms with E-state index in [0.717, 1.165) is 5.56 Å². The van der Waals surface area contributed by atoms with Gasteiger partial charge in [0, 0.05) is 10.8 Å². The number of nitrogens with one attached hydrogen (secondary N) is 1. The van der Waals surface area contributed by atoms with Crippen LogP contribution in [0.5, 0.6) is 0 Å². The molecule has 1 amide bonds. The Morgan fingerprint density at radius 3 is 2.71 bits per heavy atom. The molecule has 2 nitrogen and oxygen atoms in total. The van der Waals surface area contributed by atoms with Crippen molar-refractivity contribution in [1.29, 1.82) is 0 Å². The van der Waals surface area contributed by atoms with E-state index in [2.05, 4.69) is 5.32 Å². The van der Waals surface area contributed by atoms with Crippen LogP contribution in [-0.2, 0) is 10.5 Å². The molecule has 0 heterocycles. The van der Waals surface area contributed by atoms with Crippen molar-refractivity contribution in [2.45, 2.75) is 5.75 Å². The highest BCUT2D eigenvalue weighted by molar-refractivity contribution is 7.99. The predicted octanol–water partition coefficient (Wildman–Crippen LogP) is 5.00. The molecule has 0 aliphatic rings. The van der Waals surface area contributed by atoms with Gasteiger partial charge in [-0.3, -0.25) is 4.79 Å². The van der Waals surface area contributed by atoms with Crippen molar-refractivity contribution >= 4 is 46.6 Å². The molecule has 21 heavy (non-hydrogen) atoms. The molecule has 0 saturated heterocycles. The van der Waals surface area contributed by atoms with E-state index in [-0.39, 0.29) is 17.5 Å². The number of hydrogen-bond donors (Lipinski definition) is 1. The SMILES string of the molecule is O=C(CSCc1cccc(F)c1)Nc1ccc(Cl)cc1Cl. The monoisotopic (exact) mass is 343 g/mol. The molecule has 0 aliphatic heterocycles. The highest BCUT2D eigenvalue weighted by Gasteiger charge is 2.07. The van der Waals surface area contributed by atoms with E-state index in [1.807, 2.05) is 6.07 Å². The van der Waals surface area contributed by atoms with Crippen molar-refractivity contribution < 1.29 is 9.18 Å². The number of anilines is 1. The van der Waals surface area contributed by atoms with Gasteiger partial charge in [0.2, 0.25) is 5.91 Å². The van der Waals surface area contributed by atoms with E-state index in [0.29, 0.717) is 21.5 Å². The van der Waals surface area contributed by atoms with Crippen LogP contribution in [0.3, 0.4) is 0 Å². The Morgan fingerprint density at radius 1 is 1.19 bits per heavy atom. The van der Waals surface area contributed by atoms with Crippen molar-refractivity contribution in [3.05, 3.63) is 63.9 Å². The first kappa shape index (κ1) is 16.1. The Morgan fingerprint density at radius 2 is 2.00 bits per heavy atom. The second-order valence-corrected chi connectivity index (χ2v) is 6.12. The van der Waals surface area contributed by atoms with Crippen LogP contribution in [-0.4, -0.2) is 11.7 Å². The molecule has 2 aromatic carbocycles. The third kappa shape index (κ3) is 5.23. The van der Waals surface area contributed by atoms with E-state index in [4.69, 9.17) is 23.2 Å². The Balaban J connectivity index is 1.82. The summed E-state index contributed by atoms with van der Waals surface area (Å²) >= 11 is 13.2. The Kier molecular flexibility index (Phi) is 5.91. The third-order valence-corrected chi connectivity index (χ3v) is 4.15. The molecule has 110 valence electrons. The topological polar surface area (TPSA) is 29.1 Å². The van der Waals surface area contributed by atoms with Crippen LogP contribution in [0.25, 0.3) is 0 Å². The second-order valence-electron chi connectivity index (χ2n) is 4.30. The summed E-state index contributed by atoms with van der Waals surface area (Å²) in [7, 11) is 0. The zero-order chi connectivity index (χ0) is 15.2. The molecule has 0 aromatic heterocycles. The predicted molar refractivity (Wildman–Crippen MR) is 87.7 cm³/mol. The lowest BCUT2D eigenvalue weighted by Gasteiger charge is -2.07. The molecule has 0 unspecified atom stereocenters. The van der Waals surface area contributed by atoms with Crippen molar-refractivity contribution in [3.8, 4) is 0 Å². The van der Waals surface area contributed by atoms with Gasteiger partial charge in [-0.2, -0.15) is 0 Å². The Bertz CT molecular complexity index is 651. The van der Waals surface area contributed by atoms with E-state index < -0.39 is 0 Å². The minimum absolute atomic E-state index is 0.166. The molecule has 0 spiro atoms. The fraction of sp³-hybridized carbons (Fsp3) is 0.133. The number of amides is 1. The highest BCUT2D eigenvalue weighted by Crippen LogP contribution is 2.25. The first-order chi connectivity index (χ1) is 10.0. The lowest BCUT2D eigenvalue weighted by Crippen LogP contribution is -2.14. The Hall–Kier alpha value is -1.23. The van der Waals surface area contributed by atoms with Gasteiger partial charge in [0.1, 0.15) is 5.82 Å². The van der Waals surface area contributed by atoms with Gasteiger partial charge in [-0.15, -0.1) is 11.8 Å². The molecule has 1 N–H and O–H groups in total. The average molecular weight is 344 g/mol. The van der Waals surface area contributed by atoms with Gasteiger partial charge in [-0.1, -0.05) is 35.3 Å². The molecule has 6 heteroatoms. The number of benzene rings is 2. The van der Waals surface area contributed by atoms with E-state index in [1.165, 1.54) is 23.9 Å². The van der Waals surface area contributed by atoms with Crippen LogP contribution in [0, 0.1) is 5.82 Å². The molecule has 0 bridgehead atoms. The van der Waals surface area contributed by atoms with Gasteiger partial charge in [0.05, 0.1) is 16.5 Å². The maximum Gasteiger partial charge on any atom is 0.234 e. The van der Waals surface area contributed by atoms with Crippen LogP contribution < -0.4 is 5.32 Å². The summed E-state index contributed by atoms with van der Waals surface area (Å²) in [5.74, 6) is 0.390. The summed E-state index contributed by atoms with van der Waals surface area (Å²) in [5.41, 5.74) is 1.37. The van der Waals surface area contributed by atoms with Crippen molar-refractivity contribution in [1.82, 2.24) is 0 Å². The second kappa shape index (κ2) is 7.69. The zero-order valence-electron chi connectivity index (χ0n) is 10.9. The lowest BCUT2D eigenvalue weighted by molar-refractivity contribution is -0.113. The first-order valence-corrected chi connectivity index (χ1v) is 8.03. The van der Waals surface area contributed by atoms with Crippen LogP contribution >= 0.6 is 35.0 Å². The zero-order valence-corrected chi connectivity index (χ0v) is 13.2. The normalized spacial score (nSPS) is 10.4. The molecule has 0 saturated carbocycles. The van der Waals surface area contributed by atoms with Crippen molar-refractivity contribution in [2.24, 2.45) is 0 Å². The summed E-state index contributed by atoms with van der Waals surface area (Å²) in [6.07, 6.45) is 0. The van der Waals surface area contributed by atoms with Crippen LogP contribution in [0.1, 0.15) is 5.56 Å². The van der Waals surface area contributed by atoms with Crippen LogP contribution in [0.15, 0.2) is 42.5 Å². The fourth-order valence-electron chi connectivity index (χ4n) is 1.67. The molecule has 2 rings (SSSR count). The van der Waals surface area contributed by atoms with Crippen molar-refractivity contribution in [3.63, 3.8) is 0 Å². The first-order valence-electron chi connectivity index (χ1n) is 6.11. The maximum absolute atomic E-state index is 13.0. The smallest absolute Gasteiger partial charge is 0.234 e. The van der Waals surface area contributed by atoms with Crippen LogP contribution in [0.4, 0.5) is 10.1 Å². The summed E-state index contributed by atoms with van der Waals surface area (Å²) in [4.78, 5) is 11.8. The number of thioether (sulfide) groups is 1. The number of carbonyl (C=O) groups is 1. The van der Waals surface area contributed by atoms with E-state index >= 15 is 0 Å². The molecule has 0 fully saturated rings. The van der Waals surface area contributed by atoms with Gasteiger partial charge in [0.15, 0.2) is 0 Å². The Labute approximate surface area is 136 Å². The largest absolute Gasteiger partial charge is 0.324 e. The van der Waals surface area contributed by atoms with E-state index in [1.54, 1.807) is 24.3 Å². The average Bonchev–Trinajstić information content (AvgIpc) is 2.42. The van der Waals surface area contributed by atoms with Crippen LogP contribution in [0.2, 0.25) is 10.0 Å². The fourth-order valence-corrected chi connectivity index (χ4v) is 2.90. The minimum atomic E-state index is -0.273. The van der Waals surface area contributed by atoms with Gasteiger partial charge < -0.3 is 5.32 Å². The lowest BCUT2D eigenvalue weighted by atomic mass is 10.2. The molecule has 0 aliphatic carbocycles. The summed E-state index contributed by atoms with van der Waals surface area (Å²) in [6, 6.07) is 11.2. The maximum atomic E-state index is 13.0. The summed E-state index contributed by atoms with van der Waals surface area (Å²) in [5, 5.41) is 3.62. The minimum Gasteiger partial charge on any atom is -0.324 e.